The summed E-state index contributed by atoms with van der Waals surface area (Å²) in [5.74, 6) is 0. The lowest BCUT2D eigenvalue weighted by Gasteiger charge is -2.16. The van der Waals surface area contributed by atoms with Gasteiger partial charge in [-0.3, -0.25) is 0 Å². The molecule has 0 aliphatic rings. The van der Waals surface area contributed by atoms with Gasteiger partial charge in [0.25, 0.3) is 6.43 Å². The second-order valence-corrected chi connectivity index (χ2v) is 4.68. The lowest BCUT2D eigenvalue weighted by Crippen LogP contribution is -2.27. The number of alkyl halides is 3. The Bertz CT molecular complexity index is 377. The van der Waals surface area contributed by atoms with Gasteiger partial charge in [-0.1, -0.05) is 30.3 Å². The molecule has 2 N–H and O–H groups in total. The minimum Gasteiger partial charge on any atom is -0.444 e. The van der Waals surface area contributed by atoms with Crippen LogP contribution in [0.3, 0.4) is 0 Å². The number of carbonyl (C=O) groups excluding carboxylic acids is 1. The third-order valence-corrected chi connectivity index (χ3v) is 1.75. The fourth-order valence-corrected chi connectivity index (χ4v) is 1.08. The molecular formula is C13H18F3NO2. The summed E-state index contributed by atoms with van der Waals surface area (Å²) in [5.41, 5.74) is 4.29. The summed E-state index contributed by atoms with van der Waals surface area (Å²) in [6, 6.07) is 7.41. The molecule has 0 spiro atoms. The van der Waals surface area contributed by atoms with Crippen molar-refractivity contribution >= 4 is 6.09 Å². The van der Waals surface area contributed by atoms with Gasteiger partial charge >= 0.3 is 6.09 Å². The molecule has 1 amide bonds. The lowest BCUT2D eigenvalue weighted by atomic mass is 10.1. The molecule has 0 saturated carbocycles. The van der Waals surface area contributed by atoms with E-state index in [9.17, 15) is 18.0 Å². The average molecular weight is 277 g/mol. The Balaban J connectivity index is 0.000000362. The Kier molecular flexibility index (Phi) is 6.96. The molecule has 19 heavy (non-hydrogen) atoms. The number of nitrogens with two attached hydrogens (primary N) is 1. The van der Waals surface area contributed by atoms with Crippen LogP contribution in [0.5, 0.6) is 0 Å². The lowest BCUT2D eigenvalue weighted by molar-refractivity contribution is 0.0495. The maximum Gasteiger partial charge on any atom is 0.405 e. The Morgan fingerprint density at radius 3 is 1.89 bits per heavy atom. The van der Waals surface area contributed by atoms with Crippen molar-refractivity contribution in [3.8, 4) is 0 Å². The first-order valence-corrected chi connectivity index (χ1v) is 5.59. The van der Waals surface area contributed by atoms with Crippen molar-refractivity contribution in [2.45, 2.75) is 39.0 Å². The summed E-state index contributed by atoms with van der Waals surface area (Å²) in [4.78, 5) is 10.0. The van der Waals surface area contributed by atoms with Crippen LogP contribution in [0.4, 0.5) is 18.0 Å². The summed E-state index contributed by atoms with van der Waals surface area (Å²) in [6.45, 7) is 5.28. The molecule has 1 rings (SSSR count). The monoisotopic (exact) mass is 277 g/mol. The third-order valence-electron chi connectivity index (χ3n) is 1.75. The Morgan fingerprint density at radius 1 is 1.16 bits per heavy atom. The Labute approximate surface area is 110 Å². The van der Waals surface area contributed by atoms with Gasteiger partial charge in [-0.05, 0) is 26.3 Å². The number of carbonyl (C=O) groups is 1. The molecule has 1 aromatic rings. The fraction of sp³-hybridized carbons (Fsp3) is 0.462. The van der Waals surface area contributed by atoms with Gasteiger partial charge in [0.2, 0.25) is 0 Å². The van der Waals surface area contributed by atoms with Crippen LogP contribution in [0.25, 0.3) is 0 Å². The topological polar surface area (TPSA) is 52.3 Å². The van der Waals surface area contributed by atoms with Crippen molar-refractivity contribution < 1.29 is 22.7 Å². The van der Waals surface area contributed by atoms with E-state index < -0.39 is 24.3 Å². The van der Waals surface area contributed by atoms with Gasteiger partial charge in [0.05, 0.1) is 0 Å². The van der Waals surface area contributed by atoms with Crippen molar-refractivity contribution in [1.82, 2.24) is 0 Å². The Hall–Kier alpha value is -1.72. The molecule has 1 aromatic carbocycles. The highest BCUT2D eigenvalue weighted by Crippen LogP contribution is 2.23. The summed E-state index contributed by atoms with van der Waals surface area (Å²) < 4.78 is 40.6. The summed E-state index contributed by atoms with van der Waals surface area (Å²) >= 11 is 0. The molecular weight excluding hydrogens is 259 g/mol. The molecule has 0 aromatic heterocycles. The normalized spacial score (nSPS) is 12.4. The van der Waals surface area contributed by atoms with E-state index in [0.717, 1.165) is 0 Å². The zero-order valence-electron chi connectivity index (χ0n) is 11.1. The van der Waals surface area contributed by atoms with Crippen LogP contribution in [0.15, 0.2) is 30.3 Å². The van der Waals surface area contributed by atoms with Crippen LogP contribution in [0.2, 0.25) is 0 Å². The van der Waals surface area contributed by atoms with Crippen molar-refractivity contribution in [2.24, 2.45) is 5.73 Å². The molecule has 0 fully saturated rings. The van der Waals surface area contributed by atoms with Gasteiger partial charge in [-0.15, -0.1) is 0 Å². The number of hydrogen-bond acceptors (Lipinski definition) is 2. The average Bonchev–Trinajstić information content (AvgIpc) is 2.26. The number of halogens is 3. The molecule has 0 saturated heterocycles. The van der Waals surface area contributed by atoms with Crippen molar-refractivity contribution in [3.63, 3.8) is 0 Å². The summed E-state index contributed by atoms with van der Waals surface area (Å²) in [5, 5.41) is 0. The van der Waals surface area contributed by atoms with Crippen molar-refractivity contribution in [1.29, 1.82) is 0 Å². The van der Waals surface area contributed by atoms with E-state index in [2.05, 4.69) is 4.74 Å². The van der Waals surface area contributed by atoms with Crippen LogP contribution >= 0.6 is 0 Å². The number of hydrogen-bond donors (Lipinski definition) is 1. The first-order chi connectivity index (χ1) is 8.63. The molecule has 0 bridgehead atoms. The minimum absolute atomic E-state index is 0.0301. The number of rotatable bonds is 2. The van der Waals surface area contributed by atoms with Crippen LogP contribution in [0.1, 0.15) is 32.5 Å². The van der Waals surface area contributed by atoms with E-state index in [1.807, 2.05) is 0 Å². The van der Waals surface area contributed by atoms with Crippen molar-refractivity contribution in [3.05, 3.63) is 35.9 Å². The highest BCUT2D eigenvalue weighted by atomic mass is 19.3. The maximum absolute atomic E-state index is 12.5. The smallest absolute Gasteiger partial charge is 0.405 e. The predicted molar refractivity (Wildman–Crippen MR) is 66.7 cm³/mol. The predicted octanol–water partition coefficient (Wildman–Crippen LogP) is 3.84. The zero-order valence-corrected chi connectivity index (χ0v) is 11.1. The molecule has 1 atom stereocenters. The first kappa shape index (κ1) is 17.3. The van der Waals surface area contributed by atoms with E-state index in [-0.39, 0.29) is 5.56 Å². The third kappa shape index (κ3) is 8.93. The molecule has 0 radical (unpaired) electrons. The van der Waals surface area contributed by atoms with Crippen LogP contribution in [-0.4, -0.2) is 18.1 Å². The van der Waals surface area contributed by atoms with Gasteiger partial charge in [0.15, 0.2) is 6.17 Å². The van der Waals surface area contributed by atoms with Crippen LogP contribution in [0, 0.1) is 0 Å². The second-order valence-electron chi connectivity index (χ2n) is 4.68. The number of ether oxygens (including phenoxy) is 1. The van der Waals surface area contributed by atoms with E-state index >= 15 is 0 Å². The molecule has 0 aliphatic carbocycles. The van der Waals surface area contributed by atoms with Gasteiger partial charge < -0.3 is 10.5 Å². The quantitative estimate of drug-likeness (QED) is 0.892. The van der Waals surface area contributed by atoms with Gasteiger partial charge in [-0.25, -0.2) is 18.0 Å². The molecule has 0 aliphatic heterocycles. The number of amides is 1. The molecule has 6 heteroatoms. The number of primary amides is 1. The zero-order chi connectivity index (χ0) is 15.1. The van der Waals surface area contributed by atoms with Gasteiger partial charge in [0, 0.05) is 0 Å². The maximum atomic E-state index is 12.5. The molecule has 3 nitrogen and oxygen atoms in total. The highest BCUT2D eigenvalue weighted by Gasteiger charge is 2.20. The Morgan fingerprint density at radius 2 is 1.63 bits per heavy atom. The summed E-state index contributed by atoms with van der Waals surface area (Å²) in [7, 11) is 0. The van der Waals surface area contributed by atoms with E-state index in [1.165, 1.54) is 24.3 Å². The van der Waals surface area contributed by atoms with Crippen molar-refractivity contribution in [2.75, 3.05) is 0 Å². The standard InChI is InChI=1S/C8H7F3.C5H11NO2/c9-7(8(10)11)6-4-2-1-3-5-6;1-5(2,3)8-4(6)7/h1-5,7-8H;1-3H3,(H2,6,7). The minimum atomic E-state index is -2.93. The van der Waals surface area contributed by atoms with Gasteiger partial charge in [-0.2, -0.15) is 0 Å². The molecule has 108 valence electrons. The fourth-order valence-electron chi connectivity index (χ4n) is 1.08. The van der Waals surface area contributed by atoms with Crippen LogP contribution in [-0.2, 0) is 4.74 Å². The van der Waals surface area contributed by atoms with Crippen LogP contribution < -0.4 is 5.73 Å². The first-order valence-electron chi connectivity index (χ1n) is 5.59. The van der Waals surface area contributed by atoms with Gasteiger partial charge in [0.1, 0.15) is 5.60 Å². The van der Waals surface area contributed by atoms with E-state index in [1.54, 1.807) is 26.8 Å². The molecule has 0 heterocycles. The second kappa shape index (κ2) is 7.66. The number of benzene rings is 1. The summed E-state index contributed by atoms with van der Waals surface area (Å²) in [6.07, 6.45) is -5.81. The largest absolute Gasteiger partial charge is 0.444 e. The highest BCUT2D eigenvalue weighted by molar-refractivity contribution is 5.65. The van der Waals surface area contributed by atoms with E-state index in [4.69, 9.17) is 5.73 Å². The van der Waals surface area contributed by atoms with E-state index in [0.29, 0.717) is 0 Å². The SMILES string of the molecule is CC(C)(C)OC(N)=O.FC(F)C(F)c1ccccc1. The molecule has 1 unspecified atom stereocenters.